The van der Waals surface area contributed by atoms with E-state index in [0.29, 0.717) is 16.4 Å². The summed E-state index contributed by atoms with van der Waals surface area (Å²) in [5.41, 5.74) is 7.66. The van der Waals surface area contributed by atoms with Gasteiger partial charge in [0.1, 0.15) is 16.5 Å². The molecule has 1 aromatic heterocycles. The molecule has 148 valence electrons. The van der Waals surface area contributed by atoms with Gasteiger partial charge in [-0.25, -0.2) is 9.97 Å². The van der Waals surface area contributed by atoms with Gasteiger partial charge in [-0.2, -0.15) is 0 Å². The summed E-state index contributed by atoms with van der Waals surface area (Å²) in [6.45, 7) is 3.49. The number of carbonyl (C=O) groups is 2. The van der Waals surface area contributed by atoms with Gasteiger partial charge in [-0.1, -0.05) is 23.4 Å². The molecule has 0 bridgehead atoms. The third kappa shape index (κ3) is 4.39. The number of nitrogens with two attached hydrogens (primary N) is 1. The van der Waals surface area contributed by atoms with Gasteiger partial charge in [0.25, 0.3) is 11.8 Å². The standard InChI is InChI=1S/C19H22ClN5O2S/c1-11-10-12(6-7-13(11)18(27)25-8-4-3-5-9-25)22-17-14(16(21)26)15(20)23-19(24-17)28-2/h6-7,10H,3-5,8-9H2,1-2H3,(H2,21,26)(H,22,23,24). The van der Waals surface area contributed by atoms with Crippen molar-refractivity contribution in [3.63, 3.8) is 0 Å². The molecule has 0 aliphatic carbocycles. The zero-order chi connectivity index (χ0) is 20.3. The molecule has 0 radical (unpaired) electrons. The van der Waals surface area contributed by atoms with Crippen LogP contribution in [0.3, 0.4) is 0 Å². The maximum absolute atomic E-state index is 12.8. The number of primary amides is 1. The van der Waals surface area contributed by atoms with Gasteiger partial charge in [-0.3, -0.25) is 9.59 Å². The molecule has 2 aromatic rings. The van der Waals surface area contributed by atoms with Crippen molar-refractivity contribution in [2.24, 2.45) is 5.73 Å². The second-order valence-electron chi connectivity index (χ2n) is 6.60. The van der Waals surface area contributed by atoms with Crippen LogP contribution in [0, 0.1) is 6.92 Å². The number of rotatable bonds is 5. The van der Waals surface area contributed by atoms with Gasteiger partial charge in [0.2, 0.25) is 0 Å². The van der Waals surface area contributed by atoms with E-state index in [9.17, 15) is 9.59 Å². The van der Waals surface area contributed by atoms with Crippen molar-refractivity contribution in [1.29, 1.82) is 0 Å². The van der Waals surface area contributed by atoms with E-state index in [-0.39, 0.29) is 22.4 Å². The molecule has 3 N–H and O–H groups in total. The average Bonchev–Trinajstić information content (AvgIpc) is 2.67. The first-order chi connectivity index (χ1) is 13.4. The normalized spacial score (nSPS) is 14.0. The Morgan fingerprint density at radius 3 is 2.54 bits per heavy atom. The highest BCUT2D eigenvalue weighted by Crippen LogP contribution is 2.28. The number of aromatic nitrogens is 2. The average molecular weight is 420 g/mol. The minimum atomic E-state index is -0.714. The summed E-state index contributed by atoms with van der Waals surface area (Å²) in [6, 6.07) is 5.41. The topological polar surface area (TPSA) is 101 Å². The van der Waals surface area contributed by atoms with Crippen LogP contribution in [0.25, 0.3) is 0 Å². The first kappa shape index (κ1) is 20.4. The summed E-state index contributed by atoms with van der Waals surface area (Å²) in [6.07, 6.45) is 5.08. The SMILES string of the molecule is CSc1nc(Cl)c(C(N)=O)c(Nc2ccc(C(=O)N3CCCCC3)c(C)c2)n1. The van der Waals surface area contributed by atoms with Crippen molar-refractivity contribution in [2.45, 2.75) is 31.3 Å². The third-order valence-corrected chi connectivity index (χ3v) is 5.46. The van der Waals surface area contributed by atoms with Crippen molar-refractivity contribution in [1.82, 2.24) is 14.9 Å². The van der Waals surface area contributed by atoms with E-state index in [1.807, 2.05) is 24.1 Å². The number of hydrogen-bond acceptors (Lipinski definition) is 6. The van der Waals surface area contributed by atoms with Crippen LogP contribution in [0.5, 0.6) is 0 Å². The molecule has 1 aliphatic rings. The molecule has 1 fully saturated rings. The minimum absolute atomic E-state index is 0.00275. The predicted octanol–water partition coefficient (Wildman–Crippen LogP) is 3.63. The third-order valence-electron chi connectivity index (χ3n) is 4.64. The molecule has 1 aromatic carbocycles. The first-order valence-corrected chi connectivity index (χ1v) is 10.6. The van der Waals surface area contributed by atoms with Gasteiger partial charge in [0, 0.05) is 24.3 Å². The van der Waals surface area contributed by atoms with Crippen LogP contribution in [0.2, 0.25) is 5.15 Å². The molecule has 3 rings (SSSR count). The molecule has 2 amide bonds. The van der Waals surface area contributed by atoms with E-state index < -0.39 is 5.91 Å². The number of nitrogens with one attached hydrogen (secondary N) is 1. The Labute approximate surface area is 173 Å². The van der Waals surface area contributed by atoms with Gasteiger partial charge >= 0.3 is 0 Å². The second kappa shape index (κ2) is 8.79. The summed E-state index contributed by atoms with van der Waals surface area (Å²) in [5, 5.41) is 3.51. The Kier molecular flexibility index (Phi) is 6.41. The van der Waals surface area contributed by atoms with E-state index in [1.165, 1.54) is 18.2 Å². The number of likely N-dealkylation sites (tertiary alicyclic amines) is 1. The van der Waals surface area contributed by atoms with Crippen molar-refractivity contribution in [2.75, 3.05) is 24.7 Å². The Balaban J connectivity index is 1.88. The number of amides is 2. The minimum Gasteiger partial charge on any atom is -0.365 e. The van der Waals surface area contributed by atoms with Gasteiger partial charge in [0.05, 0.1) is 0 Å². The van der Waals surface area contributed by atoms with Crippen LogP contribution >= 0.6 is 23.4 Å². The number of hydrogen-bond donors (Lipinski definition) is 2. The van der Waals surface area contributed by atoms with E-state index in [0.717, 1.165) is 31.5 Å². The summed E-state index contributed by atoms with van der Waals surface area (Å²) < 4.78 is 0. The lowest BCUT2D eigenvalue weighted by atomic mass is 10.0. The number of piperidine rings is 1. The first-order valence-electron chi connectivity index (χ1n) is 8.99. The molecule has 0 atom stereocenters. The van der Waals surface area contributed by atoms with E-state index in [4.69, 9.17) is 17.3 Å². The van der Waals surface area contributed by atoms with Gasteiger partial charge in [-0.05, 0) is 56.2 Å². The van der Waals surface area contributed by atoms with Crippen molar-refractivity contribution in [3.8, 4) is 0 Å². The largest absolute Gasteiger partial charge is 0.365 e. The lowest BCUT2D eigenvalue weighted by molar-refractivity contribution is 0.0723. The lowest BCUT2D eigenvalue weighted by Crippen LogP contribution is -2.35. The Bertz CT molecular complexity index is 915. The number of carbonyl (C=O) groups excluding carboxylic acids is 2. The monoisotopic (exact) mass is 419 g/mol. The Hall–Kier alpha value is -2.32. The van der Waals surface area contributed by atoms with E-state index in [1.54, 1.807) is 12.1 Å². The maximum Gasteiger partial charge on any atom is 0.255 e. The summed E-state index contributed by atoms with van der Waals surface area (Å²) in [4.78, 5) is 34.8. The van der Waals surface area contributed by atoms with Crippen LogP contribution in [-0.4, -0.2) is 46.0 Å². The maximum atomic E-state index is 12.8. The highest BCUT2D eigenvalue weighted by atomic mass is 35.5. The molecule has 1 saturated heterocycles. The molecular weight excluding hydrogens is 398 g/mol. The van der Waals surface area contributed by atoms with E-state index in [2.05, 4.69) is 15.3 Å². The number of thioether (sulfide) groups is 1. The number of aryl methyl sites for hydroxylation is 1. The van der Waals surface area contributed by atoms with Gasteiger partial charge in [-0.15, -0.1) is 0 Å². The number of halogens is 1. The van der Waals surface area contributed by atoms with Gasteiger partial charge < -0.3 is 16.0 Å². The molecular formula is C19H22ClN5O2S. The molecule has 0 spiro atoms. The predicted molar refractivity (Wildman–Crippen MR) is 112 cm³/mol. The number of benzene rings is 1. The van der Waals surface area contributed by atoms with Crippen LogP contribution in [0.15, 0.2) is 23.4 Å². The highest BCUT2D eigenvalue weighted by molar-refractivity contribution is 7.98. The Morgan fingerprint density at radius 1 is 1.21 bits per heavy atom. The molecule has 28 heavy (non-hydrogen) atoms. The summed E-state index contributed by atoms with van der Waals surface area (Å²) in [7, 11) is 0. The highest BCUT2D eigenvalue weighted by Gasteiger charge is 2.21. The Morgan fingerprint density at radius 2 is 1.93 bits per heavy atom. The fourth-order valence-corrected chi connectivity index (χ4v) is 3.88. The zero-order valence-electron chi connectivity index (χ0n) is 15.8. The summed E-state index contributed by atoms with van der Waals surface area (Å²) in [5.74, 6) is -0.420. The quantitative estimate of drug-likeness (QED) is 0.436. The fraction of sp³-hybridized carbons (Fsp3) is 0.368. The van der Waals surface area contributed by atoms with Crippen molar-refractivity contribution < 1.29 is 9.59 Å². The molecule has 7 nitrogen and oxygen atoms in total. The number of nitrogens with zero attached hydrogens (tertiary/aromatic N) is 3. The van der Waals surface area contributed by atoms with Crippen LogP contribution in [-0.2, 0) is 0 Å². The van der Waals surface area contributed by atoms with Gasteiger partial charge in [0.15, 0.2) is 5.16 Å². The van der Waals surface area contributed by atoms with Crippen molar-refractivity contribution in [3.05, 3.63) is 40.0 Å². The lowest BCUT2D eigenvalue weighted by Gasteiger charge is -2.27. The fourth-order valence-electron chi connectivity index (χ4n) is 3.20. The summed E-state index contributed by atoms with van der Waals surface area (Å²) >= 11 is 7.41. The molecule has 9 heteroatoms. The zero-order valence-corrected chi connectivity index (χ0v) is 17.4. The molecule has 0 unspecified atom stereocenters. The molecule has 2 heterocycles. The molecule has 1 aliphatic heterocycles. The smallest absolute Gasteiger partial charge is 0.255 e. The van der Waals surface area contributed by atoms with Crippen LogP contribution in [0.1, 0.15) is 45.5 Å². The van der Waals surface area contributed by atoms with E-state index >= 15 is 0 Å². The molecule has 0 saturated carbocycles. The van der Waals surface area contributed by atoms with Crippen LogP contribution < -0.4 is 11.1 Å². The second-order valence-corrected chi connectivity index (χ2v) is 7.73. The van der Waals surface area contributed by atoms with Crippen molar-refractivity contribution >= 4 is 46.7 Å². The van der Waals surface area contributed by atoms with Crippen LogP contribution in [0.4, 0.5) is 11.5 Å². The number of anilines is 2.